The van der Waals surface area contributed by atoms with Gasteiger partial charge in [0.15, 0.2) is 23.0 Å². The van der Waals surface area contributed by atoms with Gasteiger partial charge in [-0.1, -0.05) is 31.4 Å². The zero-order valence-corrected chi connectivity index (χ0v) is 26.6. The third-order valence-corrected chi connectivity index (χ3v) is 9.35. The van der Waals surface area contributed by atoms with Gasteiger partial charge in [0.1, 0.15) is 37.7 Å². The van der Waals surface area contributed by atoms with Crippen molar-refractivity contribution in [2.45, 2.75) is 63.5 Å². The summed E-state index contributed by atoms with van der Waals surface area (Å²) in [5.74, 6) is 0.565. The van der Waals surface area contributed by atoms with Gasteiger partial charge in [0.2, 0.25) is 6.79 Å². The molecule has 13 nitrogen and oxygen atoms in total. The molecule has 2 N–H and O–H groups in total. The van der Waals surface area contributed by atoms with Crippen LogP contribution in [0.25, 0.3) is 0 Å². The fraction of sp³-hybridized carbons (Fsp3) is 0.441. The van der Waals surface area contributed by atoms with E-state index in [0.29, 0.717) is 33.9 Å². The highest BCUT2D eigenvalue weighted by atomic mass is 16.7. The lowest BCUT2D eigenvalue weighted by Crippen LogP contribution is -2.71. The van der Waals surface area contributed by atoms with Crippen LogP contribution in [-0.4, -0.2) is 83.9 Å². The quantitative estimate of drug-likeness (QED) is 0.315. The molecule has 1 amide bonds. The highest BCUT2D eigenvalue weighted by molar-refractivity contribution is 5.73. The van der Waals surface area contributed by atoms with Gasteiger partial charge in [-0.15, -0.1) is 0 Å². The molecule has 4 heterocycles. The van der Waals surface area contributed by atoms with Gasteiger partial charge in [0.25, 0.3) is 0 Å². The van der Waals surface area contributed by atoms with E-state index in [4.69, 9.17) is 28.4 Å². The van der Waals surface area contributed by atoms with E-state index < -0.39 is 48.4 Å². The van der Waals surface area contributed by atoms with Crippen molar-refractivity contribution < 1.29 is 48.2 Å². The molecular formula is C34H37N3O10. The summed E-state index contributed by atoms with van der Waals surface area (Å²) < 4.78 is 34.8. The topological polar surface area (TPSA) is 160 Å². The Morgan fingerprint density at radius 2 is 1.83 bits per heavy atom. The average molecular weight is 648 g/mol. The number of aliphatic hydroxyl groups is 1. The number of benzene rings is 2. The number of methoxy groups -OCH3 is 1. The standard InChI is InChI=1S/C34H37N3O10/c1-7-9-43-32-23-19(11-16(3)30(32)42-6)12-20-21(13-35)36-22(14-45-18(5)38)24-25(28(39)17(4)31-33(24)47-15-46-31)29(40)27(36)26(23)37(20)34(41)44-10-8-2/h7-8,11,20-22,26-27,29,39-40H,1-2,9-10,12,14-15H2,3-6H3/t20-,21-,22-,26+,27+,29-/m0/s1. The molecule has 2 aromatic rings. The minimum absolute atomic E-state index is 0.0891. The lowest BCUT2D eigenvalue weighted by molar-refractivity contribution is -0.151. The summed E-state index contributed by atoms with van der Waals surface area (Å²) in [6.45, 7) is 11.9. The number of aliphatic hydroxyl groups excluding tert-OH is 1. The van der Waals surface area contributed by atoms with Crippen molar-refractivity contribution in [3.63, 3.8) is 0 Å². The first-order valence-corrected chi connectivity index (χ1v) is 15.2. The second-order valence-corrected chi connectivity index (χ2v) is 11.9. The number of hydrogen-bond acceptors (Lipinski definition) is 12. The SMILES string of the molecule is C=CCOC(=O)N1[C@@H]2c3c(cc(C)c(OC)c3OCC=C)C[C@H]1[C@H](C#N)N1[C@H]2[C@@H](O)c2c(O)c(C)c3c(c2[C@@H]1COC(C)=O)OCO3. The molecule has 248 valence electrons. The van der Waals surface area contributed by atoms with Crippen LogP contribution in [0.3, 0.4) is 0 Å². The number of aryl methyl sites for hydroxylation is 1. The van der Waals surface area contributed by atoms with Gasteiger partial charge >= 0.3 is 12.1 Å². The minimum atomic E-state index is -1.49. The van der Waals surface area contributed by atoms with Crippen molar-refractivity contribution in [3.05, 3.63) is 64.8 Å². The third kappa shape index (κ3) is 4.82. The number of fused-ring (bicyclic) bond motifs is 9. The molecule has 4 aliphatic heterocycles. The lowest BCUT2D eigenvalue weighted by Gasteiger charge is -2.60. The van der Waals surface area contributed by atoms with Crippen molar-refractivity contribution >= 4 is 12.1 Å². The summed E-state index contributed by atoms with van der Waals surface area (Å²) in [6, 6.07) is -0.460. The number of carbonyl (C=O) groups excluding carboxylic acids is 2. The first-order valence-electron chi connectivity index (χ1n) is 15.2. The molecule has 1 saturated heterocycles. The Balaban J connectivity index is 1.68. The Kier molecular flexibility index (Phi) is 8.42. The Labute approximate surface area is 272 Å². The average Bonchev–Trinajstić information content (AvgIpc) is 3.54. The second kappa shape index (κ2) is 12.4. The van der Waals surface area contributed by atoms with E-state index in [2.05, 4.69) is 19.2 Å². The number of ether oxygens (including phenoxy) is 6. The van der Waals surface area contributed by atoms with Crippen LogP contribution in [0.2, 0.25) is 0 Å². The molecule has 6 rings (SSSR count). The molecule has 0 saturated carbocycles. The number of amides is 1. The summed E-state index contributed by atoms with van der Waals surface area (Å²) >= 11 is 0. The maximum atomic E-state index is 14.0. The molecule has 6 atom stereocenters. The normalized spacial score (nSPS) is 25.0. The number of nitrogens with zero attached hydrogens (tertiary/aromatic N) is 3. The number of phenols is 1. The van der Waals surface area contributed by atoms with E-state index in [1.165, 1.54) is 25.0 Å². The van der Waals surface area contributed by atoms with Crippen molar-refractivity contribution in [2.75, 3.05) is 33.7 Å². The maximum absolute atomic E-state index is 14.0. The largest absolute Gasteiger partial charge is 0.507 e. The molecule has 4 aliphatic rings. The Hall–Kier alpha value is -4.93. The van der Waals surface area contributed by atoms with Crippen LogP contribution in [-0.2, 0) is 20.7 Å². The number of aromatic hydroxyl groups is 1. The molecule has 2 aromatic carbocycles. The number of hydrogen-bond donors (Lipinski definition) is 2. The predicted molar refractivity (Wildman–Crippen MR) is 165 cm³/mol. The number of nitriles is 1. The van der Waals surface area contributed by atoms with Crippen LogP contribution in [0.5, 0.6) is 28.7 Å². The molecule has 0 unspecified atom stereocenters. The van der Waals surface area contributed by atoms with Crippen LogP contribution < -0.4 is 18.9 Å². The van der Waals surface area contributed by atoms with Gasteiger partial charge < -0.3 is 38.6 Å². The molecule has 13 heteroatoms. The second-order valence-electron chi connectivity index (χ2n) is 11.9. The van der Waals surface area contributed by atoms with E-state index in [-0.39, 0.29) is 50.1 Å². The van der Waals surface area contributed by atoms with Crippen LogP contribution in [0, 0.1) is 25.2 Å². The summed E-state index contributed by atoms with van der Waals surface area (Å²) in [5, 5.41) is 35.0. The van der Waals surface area contributed by atoms with Crippen molar-refractivity contribution in [2.24, 2.45) is 0 Å². The molecular weight excluding hydrogens is 610 g/mol. The smallest absolute Gasteiger partial charge is 0.411 e. The van der Waals surface area contributed by atoms with Crippen molar-refractivity contribution in [1.29, 1.82) is 5.26 Å². The predicted octanol–water partition coefficient (Wildman–Crippen LogP) is 3.83. The van der Waals surface area contributed by atoms with Crippen LogP contribution in [0.4, 0.5) is 4.79 Å². The van der Waals surface area contributed by atoms with E-state index in [1.807, 2.05) is 13.0 Å². The zero-order valence-electron chi connectivity index (χ0n) is 26.6. The van der Waals surface area contributed by atoms with Gasteiger partial charge in [-0.2, -0.15) is 5.26 Å². The highest BCUT2D eigenvalue weighted by Crippen LogP contribution is 2.61. The number of rotatable bonds is 8. The molecule has 2 bridgehead atoms. The maximum Gasteiger partial charge on any atom is 0.411 e. The van der Waals surface area contributed by atoms with Gasteiger partial charge in [0.05, 0.1) is 37.3 Å². The van der Waals surface area contributed by atoms with E-state index >= 15 is 0 Å². The fourth-order valence-corrected chi connectivity index (χ4v) is 7.68. The van der Waals surface area contributed by atoms with Gasteiger partial charge in [-0.3, -0.25) is 14.6 Å². The van der Waals surface area contributed by atoms with E-state index in [0.717, 1.165) is 11.1 Å². The van der Waals surface area contributed by atoms with Crippen LogP contribution in [0.15, 0.2) is 31.4 Å². The van der Waals surface area contributed by atoms with E-state index in [1.54, 1.807) is 17.9 Å². The molecule has 1 fully saturated rings. The van der Waals surface area contributed by atoms with Crippen molar-refractivity contribution in [1.82, 2.24) is 9.80 Å². The molecule has 0 radical (unpaired) electrons. The molecule has 0 aromatic heterocycles. The number of carbonyl (C=O) groups is 2. The van der Waals surface area contributed by atoms with Gasteiger partial charge in [-0.25, -0.2) is 4.79 Å². The number of esters is 1. The van der Waals surface area contributed by atoms with Crippen LogP contribution in [0.1, 0.15) is 58.5 Å². The highest BCUT2D eigenvalue weighted by Gasteiger charge is 2.62. The first kappa shape index (κ1) is 32.0. The first-order chi connectivity index (χ1) is 22.6. The Bertz CT molecular complexity index is 1700. The summed E-state index contributed by atoms with van der Waals surface area (Å²) in [5.41, 5.74) is 2.94. The number of phenolic OH excluding ortho intramolecular Hbond substituents is 1. The van der Waals surface area contributed by atoms with Crippen LogP contribution >= 0.6 is 0 Å². The Morgan fingerprint density at radius 1 is 1.11 bits per heavy atom. The summed E-state index contributed by atoms with van der Waals surface area (Å²) in [7, 11) is 1.51. The lowest BCUT2D eigenvalue weighted by atomic mass is 9.70. The van der Waals surface area contributed by atoms with Gasteiger partial charge in [-0.05, 0) is 31.4 Å². The molecule has 0 spiro atoms. The molecule has 0 aliphatic carbocycles. The molecule has 47 heavy (non-hydrogen) atoms. The minimum Gasteiger partial charge on any atom is -0.507 e. The Morgan fingerprint density at radius 3 is 2.49 bits per heavy atom. The monoisotopic (exact) mass is 647 g/mol. The van der Waals surface area contributed by atoms with Crippen molar-refractivity contribution in [3.8, 4) is 34.8 Å². The third-order valence-electron chi connectivity index (χ3n) is 9.35. The zero-order chi connectivity index (χ0) is 33.7. The summed E-state index contributed by atoms with van der Waals surface area (Å²) in [6.07, 6.45) is 1.04. The van der Waals surface area contributed by atoms with Gasteiger partial charge in [0, 0.05) is 29.2 Å². The fourth-order valence-electron chi connectivity index (χ4n) is 7.68. The number of piperazine rings is 1. The van der Waals surface area contributed by atoms with E-state index in [9.17, 15) is 25.1 Å². The summed E-state index contributed by atoms with van der Waals surface area (Å²) in [4.78, 5) is 29.4.